The molecule has 0 aliphatic carbocycles. The average molecular weight is 322 g/mol. The Morgan fingerprint density at radius 3 is 2.38 bits per heavy atom. The highest BCUT2D eigenvalue weighted by Gasteiger charge is 2.02. The SMILES string of the molecule is O=C(C=Cc1c(Cl)cccc1Cl)NOCc1ccccc1. The largest absolute Gasteiger partial charge is 0.269 e. The molecule has 0 unspecified atom stereocenters. The first-order valence-corrected chi connectivity index (χ1v) is 7.00. The highest BCUT2D eigenvalue weighted by molar-refractivity contribution is 6.37. The van der Waals surface area contributed by atoms with Gasteiger partial charge in [0.25, 0.3) is 5.91 Å². The molecule has 0 saturated heterocycles. The molecule has 0 spiro atoms. The van der Waals surface area contributed by atoms with E-state index in [9.17, 15) is 4.79 Å². The normalized spacial score (nSPS) is 10.8. The predicted molar refractivity (Wildman–Crippen MR) is 84.9 cm³/mol. The van der Waals surface area contributed by atoms with Crippen LogP contribution in [-0.2, 0) is 16.2 Å². The van der Waals surface area contributed by atoms with Crippen LogP contribution in [0.25, 0.3) is 6.08 Å². The van der Waals surface area contributed by atoms with Crippen LogP contribution in [0, 0.1) is 0 Å². The summed E-state index contributed by atoms with van der Waals surface area (Å²) >= 11 is 12.0. The highest BCUT2D eigenvalue weighted by atomic mass is 35.5. The molecule has 1 N–H and O–H groups in total. The molecule has 0 fully saturated rings. The number of hydrogen-bond donors (Lipinski definition) is 1. The molecule has 0 saturated carbocycles. The number of carbonyl (C=O) groups is 1. The van der Waals surface area contributed by atoms with Gasteiger partial charge < -0.3 is 0 Å². The Hall–Kier alpha value is -1.81. The Labute approximate surface area is 133 Å². The second kappa shape index (κ2) is 7.84. The zero-order valence-electron chi connectivity index (χ0n) is 11.1. The van der Waals surface area contributed by atoms with Crippen LogP contribution in [0.2, 0.25) is 10.0 Å². The highest BCUT2D eigenvalue weighted by Crippen LogP contribution is 2.25. The zero-order chi connectivity index (χ0) is 15.1. The molecule has 0 radical (unpaired) electrons. The lowest BCUT2D eigenvalue weighted by molar-refractivity contribution is -0.129. The fraction of sp³-hybridized carbons (Fsp3) is 0.0625. The monoisotopic (exact) mass is 321 g/mol. The Balaban J connectivity index is 1.86. The molecule has 0 atom stereocenters. The standard InChI is InChI=1S/C16H13Cl2NO2/c17-14-7-4-8-15(18)13(14)9-10-16(20)19-21-11-12-5-2-1-3-6-12/h1-10H,11H2,(H,19,20). The van der Waals surface area contributed by atoms with Gasteiger partial charge in [-0.25, -0.2) is 5.48 Å². The maximum absolute atomic E-state index is 11.6. The van der Waals surface area contributed by atoms with E-state index in [2.05, 4.69) is 5.48 Å². The number of hydroxylamine groups is 1. The lowest BCUT2D eigenvalue weighted by Crippen LogP contribution is -2.21. The van der Waals surface area contributed by atoms with Gasteiger partial charge in [-0.1, -0.05) is 59.6 Å². The molecule has 0 bridgehead atoms. The molecule has 3 nitrogen and oxygen atoms in total. The van der Waals surface area contributed by atoms with E-state index in [-0.39, 0.29) is 5.91 Å². The Kier molecular flexibility index (Phi) is 5.81. The van der Waals surface area contributed by atoms with Crippen LogP contribution in [0.1, 0.15) is 11.1 Å². The molecule has 5 heteroatoms. The molecule has 0 heterocycles. The molecule has 108 valence electrons. The summed E-state index contributed by atoms with van der Waals surface area (Å²) in [7, 11) is 0. The maximum atomic E-state index is 11.6. The number of nitrogens with one attached hydrogen (secondary N) is 1. The van der Waals surface area contributed by atoms with Crippen molar-refractivity contribution in [1.29, 1.82) is 0 Å². The molecule has 0 aromatic heterocycles. The number of rotatable bonds is 5. The maximum Gasteiger partial charge on any atom is 0.267 e. The Morgan fingerprint density at radius 2 is 1.71 bits per heavy atom. The molecule has 2 aromatic rings. The molecule has 1 amide bonds. The van der Waals surface area contributed by atoms with Gasteiger partial charge in [0.1, 0.15) is 0 Å². The predicted octanol–water partition coefficient (Wildman–Crippen LogP) is 4.25. The van der Waals surface area contributed by atoms with Crippen molar-refractivity contribution < 1.29 is 9.63 Å². The fourth-order valence-electron chi connectivity index (χ4n) is 1.63. The van der Waals surface area contributed by atoms with Crippen molar-refractivity contribution in [3.05, 3.63) is 75.8 Å². The minimum atomic E-state index is -0.387. The summed E-state index contributed by atoms with van der Waals surface area (Å²) in [5.74, 6) is -0.387. The second-order valence-corrected chi connectivity index (χ2v) is 5.02. The van der Waals surface area contributed by atoms with Gasteiger partial charge in [0.15, 0.2) is 0 Å². The number of benzene rings is 2. The summed E-state index contributed by atoms with van der Waals surface area (Å²) in [4.78, 5) is 16.7. The van der Waals surface area contributed by atoms with E-state index in [0.717, 1.165) is 5.56 Å². The second-order valence-electron chi connectivity index (χ2n) is 4.21. The van der Waals surface area contributed by atoms with Gasteiger partial charge in [-0.3, -0.25) is 9.63 Å². The summed E-state index contributed by atoms with van der Waals surface area (Å²) in [6.45, 7) is 0.299. The van der Waals surface area contributed by atoms with Crippen LogP contribution < -0.4 is 5.48 Å². The zero-order valence-corrected chi connectivity index (χ0v) is 12.6. The van der Waals surface area contributed by atoms with E-state index in [4.69, 9.17) is 28.0 Å². The van der Waals surface area contributed by atoms with Gasteiger partial charge in [0.2, 0.25) is 0 Å². The van der Waals surface area contributed by atoms with E-state index < -0.39 is 0 Å². The van der Waals surface area contributed by atoms with Gasteiger partial charge in [-0.2, -0.15) is 0 Å². The van der Waals surface area contributed by atoms with Crippen molar-refractivity contribution in [3.8, 4) is 0 Å². The van der Waals surface area contributed by atoms with Crippen molar-refractivity contribution in [2.75, 3.05) is 0 Å². The molecule has 0 aliphatic heterocycles. The topological polar surface area (TPSA) is 38.3 Å². The third-order valence-electron chi connectivity index (χ3n) is 2.66. The molecular formula is C16H13Cl2NO2. The van der Waals surface area contributed by atoms with Crippen molar-refractivity contribution in [3.63, 3.8) is 0 Å². The van der Waals surface area contributed by atoms with Gasteiger partial charge in [0.05, 0.1) is 6.61 Å². The van der Waals surface area contributed by atoms with Crippen LogP contribution in [0.5, 0.6) is 0 Å². The lowest BCUT2D eigenvalue weighted by atomic mass is 10.2. The molecule has 21 heavy (non-hydrogen) atoms. The van der Waals surface area contributed by atoms with Crippen LogP contribution >= 0.6 is 23.2 Å². The molecule has 0 aliphatic rings. The summed E-state index contributed by atoms with van der Waals surface area (Å²) in [6, 6.07) is 14.7. The van der Waals surface area contributed by atoms with E-state index in [1.165, 1.54) is 6.08 Å². The Morgan fingerprint density at radius 1 is 1.05 bits per heavy atom. The van der Waals surface area contributed by atoms with Crippen LogP contribution in [0.4, 0.5) is 0 Å². The van der Waals surface area contributed by atoms with Gasteiger partial charge in [-0.15, -0.1) is 0 Å². The van der Waals surface area contributed by atoms with Crippen LogP contribution in [-0.4, -0.2) is 5.91 Å². The van der Waals surface area contributed by atoms with Crippen molar-refractivity contribution in [1.82, 2.24) is 5.48 Å². The number of hydrogen-bond acceptors (Lipinski definition) is 2. The Bertz CT molecular complexity index is 622. The van der Waals surface area contributed by atoms with Crippen molar-refractivity contribution >= 4 is 35.2 Å². The van der Waals surface area contributed by atoms with Gasteiger partial charge >= 0.3 is 0 Å². The lowest BCUT2D eigenvalue weighted by Gasteiger charge is -2.04. The molecule has 2 rings (SSSR count). The van der Waals surface area contributed by atoms with Gasteiger partial charge in [0, 0.05) is 21.7 Å². The van der Waals surface area contributed by atoms with Gasteiger partial charge in [-0.05, 0) is 23.8 Å². The summed E-state index contributed by atoms with van der Waals surface area (Å²) < 4.78 is 0. The van der Waals surface area contributed by atoms with Crippen LogP contribution in [0.3, 0.4) is 0 Å². The quantitative estimate of drug-likeness (QED) is 0.660. The first-order valence-electron chi connectivity index (χ1n) is 6.24. The van der Waals surface area contributed by atoms with E-state index in [1.54, 1.807) is 24.3 Å². The average Bonchev–Trinajstić information content (AvgIpc) is 2.48. The minimum Gasteiger partial charge on any atom is -0.269 e. The summed E-state index contributed by atoms with van der Waals surface area (Å²) in [5.41, 5.74) is 3.89. The van der Waals surface area contributed by atoms with E-state index >= 15 is 0 Å². The summed E-state index contributed by atoms with van der Waals surface area (Å²) in [5, 5.41) is 0.966. The minimum absolute atomic E-state index is 0.299. The third kappa shape index (κ3) is 4.90. The smallest absolute Gasteiger partial charge is 0.267 e. The number of amides is 1. The van der Waals surface area contributed by atoms with Crippen LogP contribution in [0.15, 0.2) is 54.6 Å². The van der Waals surface area contributed by atoms with Crippen molar-refractivity contribution in [2.24, 2.45) is 0 Å². The first-order chi connectivity index (χ1) is 10.2. The van der Waals surface area contributed by atoms with E-state index in [1.807, 2.05) is 30.3 Å². The number of halogens is 2. The molecular weight excluding hydrogens is 309 g/mol. The van der Waals surface area contributed by atoms with Crippen molar-refractivity contribution in [2.45, 2.75) is 6.61 Å². The molecule has 2 aromatic carbocycles. The number of carbonyl (C=O) groups excluding carboxylic acids is 1. The summed E-state index contributed by atoms with van der Waals surface area (Å²) in [6.07, 6.45) is 2.87. The first kappa shape index (κ1) is 15.6. The van der Waals surface area contributed by atoms with E-state index in [0.29, 0.717) is 22.2 Å². The third-order valence-corrected chi connectivity index (χ3v) is 3.31. The fourth-order valence-corrected chi connectivity index (χ4v) is 2.15.